The van der Waals surface area contributed by atoms with Gasteiger partial charge in [-0.25, -0.2) is 0 Å². The van der Waals surface area contributed by atoms with Crippen LogP contribution in [0.2, 0.25) is 0 Å². The molecule has 24 heavy (non-hydrogen) atoms. The molecule has 2 aromatic carbocycles. The topological polar surface area (TPSA) is 12.0 Å². The van der Waals surface area contributed by atoms with Gasteiger partial charge in [-0.2, -0.15) is 0 Å². The van der Waals surface area contributed by atoms with E-state index < -0.39 is 0 Å². The number of nitrogens with one attached hydrogen (secondary N) is 1. The lowest BCUT2D eigenvalue weighted by molar-refractivity contribution is 0.451. The Kier molecular flexibility index (Phi) is 7.36. The summed E-state index contributed by atoms with van der Waals surface area (Å²) in [4.78, 5) is 1.24. The van der Waals surface area contributed by atoms with Gasteiger partial charge in [-0.3, -0.25) is 0 Å². The zero-order chi connectivity index (χ0) is 17.4. The first-order valence-corrected chi connectivity index (χ1v) is 9.61. The molecular weight excluding hydrogens is 310 g/mol. The predicted octanol–water partition coefficient (Wildman–Crippen LogP) is 5.76. The molecule has 0 aromatic heterocycles. The van der Waals surface area contributed by atoms with E-state index in [1.165, 1.54) is 16.0 Å². The van der Waals surface area contributed by atoms with Crippen LogP contribution in [0.1, 0.15) is 25.0 Å². The van der Waals surface area contributed by atoms with Crippen molar-refractivity contribution in [1.82, 2.24) is 5.32 Å². The first-order chi connectivity index (χ1) is 11.6. The van der Waals surface area contributed by atoms with Crippen molar-refractivity contribution in [1.29, 1.82) is 0 Å². The monoisotopic (exact) mass is 337 g/mol. The molecule has 0 spiro atoms. The molecule has 0 bridgehead atoms. The van der Waals surface area contributed by atoms with Gasteiger partial charge in [0.05, 0.1) is 0 Å². The first-order valence-electron chi connectivity index (χ1n) is 8.39. The van der Waals surface area contributed by atoms with E-state index in [2.05, 4.69) is 92.7 Å². The van der Waals surface area contributed by atoms with Crippen molar-refractivity contribution < 1.29 is 0 Å². The van der Waals surface area contributed by atoms with Crippen LogP contribution < -0.4 is 5.32 Å². The molecule has 0 saturated heterocycles. The Morgan fingerprint density at radius 2 is 1.62 bits per heavy atom. The third-order valence-corrected chi connectivity index (χ3v) is 4.86. The summed E-state index contributed by atoms with van der Waals surface area (Å²) in [5.74, 6) is 0.479. The SMILES string of the molecule is C=C(/C(=C\c1ccccc1)SC)C(NCc1ccccc1)C(C)C. The molecule has 126 valence electrons. The van der Waals surface area contributed by atoms with Crippen LogP contribution in [0.15, 0.2) is 77.7 Å². The Morgan fingerprint density at radius 1 is 1.04 bits per heavy atom. The fraction of sp³-hybridized carbons (Fsp3) is 0.273. The molecule has 0 amide bonds. The van der Waals surface area contributed by atoms with Crippen molar-refractivity contribution in [2.24, 2.45) is 5.92 Å². The molecule has 1 N–H and O–H groups in total. The highest BCUT2D eigenvalue weighted by atomic mass is 32.2. The van der Waals surface area contributed by atoms with Gasteiger partial charge in [-0.1, -0.05) is 81.1 Å². The minimum atomic E-state index is 0.257. The van der Waals surface area contributed by atoms with Gasteiger partial charge in [0.1, 0.15) is 0 Å². The summed E-state index contributed by atoms with van der Waals surface area (Å²) < 4.78 is 0. The molecule has 0 radical (unpaired) electrons. The number of hydrogen-bond acceptors (Lipinski definition) is 2. The Hall–Kier alpha value is -1.77. The van der Waals surface area contributed by atoms with Crippen molar-refractivity contribution in [3.05, 3.63) is 88.8 Å². The molecule has 2 rings (SSSR count). The first kappa shape index (κ1) is 18.6. The molecule has 2 heteroatoms. The maximum atomic E-state index is 4.40. The highest BCUT2D eigenvalue weighted by Gasteiger charge is 2.19. The smallest absolute Gasteiger partial charge is 0.0351 e. The lowest BCUT2D eigenvalue weighted by Gasteiger charge is -2.26. The normalized spacial score (nSPS) is 13.1. The zero-order valence-corrected chi connectivity index (χ0v) is 15.6. The van der Waals surface area contributed by atoms with Crippen LogP contribution in [0.25, 0.3) is 6.08 Å². The standard InChI is InChI=1S/C22H27NS/c1-17(2)22(23-16-20-13-9-6-10-14-20)18(3)21(24-4)15-19-11-7-5-8-12-19/h5-15,17,22-23H,3,16H2,1-2,4H3/b21-15+. The van der Waals surface area contributed by atoms with E-state index in [4.69, 9.17) is 0 Å². The van der Waals surface area contributed by atoms with Gasteiger partial charge in [-0.15, -0.1) is 11.8 Å². The molecule has 1 nitrogen and oxygen atoms in total. The number of hydrogen-bond donors (Lipinski definition) is 1. The molecule has 0 aliphatic rings. The third kappa shape index (κ3) is 5.40. The fourth-order valence-corrected chi connectivity index (χ4v) is 3.36. The van der Waals surface area contributed by atoms with Crippen LogP contribution in [0.3, 0.4) is 0 Å². The van der Waals surface area contributed by atoms with Crippen molar-refractivity contribution >= 4 is 17.8 Å². The molecule has 0 heterocycles. The quantitative estimate of drug-likeness (QED) is 0.615. The van der Waals surface area contributed by atoms with Gasteiger partial charge in [0, 0.05) is 17.5 Å². The predicted molar refractivity (Wildman–Crippen MR) is 109 cm³/mol. The van der Waals surface area contributed by atoms with Crippen molar-refractivity contribution in [2.45, 2.75) is 26.4 Å². The Balaban J connectivity index is 2.13. The molecule has 0 saturated carbocycles. The molecule has 2 aromatic rings. The van der Waals surface area contributed by atoms with Crippen molar-refractivity contribution in [3.63, 3.8) is 0 Å². The number of benzene rings is 2. The van der Waals surface area contributed by atoms with Crippen LogP contribution in [-0.2, 0) is 6.54 Å². The maximum absolute atomic E-state index is 4.40. The van der Waals surface area contributed by atoms with Crippen LogP contribution >= 0.6 is 11.8 Å². The molecular formula is C22H27NS. The average Bonchev–Trinajstić information content (AvgIpc) is 2.61. The largest absolute Gasteiger partial charge is 0.306 e. The summed E-state index contributed by atoms with van der Waals surface area (Å²) in [5, 5.41) is 3.68. The van der Waals surface area contributed by atoms with Gasteiger partial charge >= 0.3 is 0 Å². The van der Waals surface area contributed by atoms with E-state index >= 15 is 0 Å². The maximum Gasteiger partial charge on any atom is 0.0351 e. The number of thioether (sulfide) groups is 1. The van der Waals surface area contributed by atoms with Gasteiger partial charge in [0.15, 0.2) is 0 Å². The Labute approximate surface area is 150 Å². The van der Waals surface area contributed by atoms with Gasteiger partial charge in [0.25, 0.3) is 0 Å². The van der Waals surface area contributed by atoms with Crippen LogP contribution in [0, 0.1) is 5.92 Å². The lowest BCUT2D eigenvalue weighted by atomic mass is 9.95. The van der Waals surface area contributed by atoms with E-state index in [-0.39, 0.29) is 6.04 Å². The number of rotatable bonds is 8. The van der Waals surface area contributed by atoms with Crippen LogP contribution in [0.4, 0.5) is 0 Å². The summed E-state index contributed by atoms with van der Waals surface area (Å²) in [6.07, 6.45) is 4.35. The molecule has 1 unspecified atom stereocenters. The molecule has 0 fully saturated rings. The second kappa shape index (κ2) is 9.51. The second-order valence-corrected chi connectivity index (χ2v) is 7.08. The van der Waals surface area contributed by atoms with Crippen LogP contribution in [-0.4, -0.2) is 12.3 Å². The summed E-state index contributed by atoms with van der Waals surface area (Å²) in [6, 6.07) is 21.2. The minimum absolute atomic E-state index is 0.257. The lowest BCUT2D eigenvalue weighted by Crippen LogP contribution is -2.35. The molecule has 0 aliphatic heterocycles. The van der Waals surface area contributed by atoms with E-state index in [1.807, 2.05) is 6.07 Å². The summed E-state index contributed by atoms with van der Waals surface area (Å²) >= 11 is 1.76. The van der Waals surface area contributed by atoms with E-state index in [0.29, 0.717) is 5.92 Å². The van der Waals surface area contributed by atoms with Gasteiger partial charge in [-0.05, 0) is 34.9 Å². The minimum Gasteiger partial charge on any atom is -0.306 e. The van der Waals surface area contributed by atoms with Crippen LogP contribution in [0.5, 0.6) is 0 Å². The summed E-state index contributed by atoms with van der Waals surface area (Å²) in [5.41, 5.74) is 3.68. The molecule has 0 aliphatic carbocycles. The molecule has 1 atom stereocenters. The van der Waals surface area contributed by atoms with Crippen molar-refractivity contribution in [3.8, 4) is 0 Å². The van der Waals surface area contributed by atoms with E-state index in [0.717, 1.165) is 12.1 Å². The van der Waals surface area contributed by atoms with E-state index in [9.17, 15) is 0 Å². The van der Waals surface area contributed by atoms with Gasteiger partial charge in [0.2, 0.25) is 0 Å². The Morgan fingerprint density at radius 3 is 2.17 bits per heavy atom. The average molecular weight is 338 g/mol. The van der Waals surface area contributed by atoms with Gasteiger partial charge < -0.3 is 5.32 Å². The highest BCUT2D eigenvalue weighted by Crippen LogP contribution is 2.28. The summed E-state index contributed by atoms with van der Waals surface area (Å²) in [6.45, 7) is 9.75. The zero-order valence-electron chi connectivity index (χ0n) is 14.8. The third-order valence-electron chi connectivity index (χ3n) is 4.04. The second-order valence-electron chi connectivity index (χ2n) is 6.24. The fourth-order valence-electron chi connectivity index (χ4n) is 2.72. The summed E-state index contributed by atoms with van der Waals surface area (Å²) in [7, 11) is 0. The Bertz CT molecular complexity index is 659. The van der Waals surface area contributed by atoms with E-state index in [1.54, 1.807) is 11.8 Å². The highest BCUT2D eigenvalue weighted by molar-refractivity contribution is 8.02. The van der Waals surface area contributed by atoms with Crippen molar-refractivity contribution in [2.75, 3.05) is 6.26 Å².